The molecule has 0 unspecified atom stereocenters. The van der Waals surface area contributed by atoms with Crippen LogP contribution in [0.15, 0.2) is 60.8 Å². The van der Waals surface area contributed by atoms with Gasteiger partial charge < -0.3 is 9.88 Å². The first kappa shape index (κ1) is 18.7. The predicted molar refractivity (Wildman–Crippen MR) is 105 cm³/mol. The number of fused-ring (bicyclic) bond motifs is 1. The third kappa shape index (κ3) is 4.13. The molecule has 0 aliphatic carbocycles. The van der Waals surface area contributed by atoms with Gasteiger partial charge in [-0.1, -0.05) is 24.3 Å². The molecule has 4 aromatic rings. The van der Waals surface area contributed by atoms with Crippen LogP contribution in [0.1, 0.15) is 11.1 Å². The van der Waals surface area contributed by atoms with Gasteiger partial charge >= 0.3 is 6.18 Å². The topological polar surface area (TPSA) is 67.7 Å². The largest absolute Gasteiger partial charge is 0.416 e. The summed E-state index contributed by atoms with van der Waals surface area (Å²) in [6.07, 6.45) is -2.81. The number of para-hydroxylation sites is 2. The molecular weight excluding hydrogens is 381 g/mol. The molecule has 2 aromatic carbocycles. The van der Waals surface area contributed by atoms with Gasteiger partial charge in [0.1, 0.15) is 5.82 Å². The maximum absolute atomic E-state index is 12.8. The van der Waals surface area contributed by atoms with Gasteiger partial charge in [0, 0.05) is 19.8 Å². The van der Waals surface area contributed by atoms with Crippen molar-refractivity contribution in [2.75, 3.05) is 10.6 Å². The molecular formula is C20H17F3N6. The van der Waals surface area contributed by atoms with Crippen LogP contribution >= 0.6 is 0 Å². The van der Waals surface area contributed by atoms with Crippen molar-refractivity contribution in [1.82, 2.24) is 19.5 Å². The molecule has 0 aliphatic rings. The van der Waals surface area contributed by atoms with E-state index < -0.39 is 11.7 Å². The number of rotatable bonds is 5. The van der Waals surface area contributed by atoms with E-state index in [0.29, 0.717) is 23.3 Å². The van der Waals surface area contributed by atoms with Gasteiger partial charge in [-0.2, -0.15) is 18.2 Å². The second kappa shape index (κ2) is 7.42. The first-order valence-electron chi connectivity index (χ1n) is 8.82. The summed E-state index contributed by atoms with van der Waals surface area (Å²) < 4.78 is 40.4. The molecule has 2 N–H and O–H groups in total. The standard InChI is InChI=1S/C20H17F3N6/c1-29-16-8-3-2-7-15(16)26-19(29)28-18-24-10-9-17(27-18)25-12-13-5-4-6-14(11-13)20(21,22)23/h2-11H,12H2,1H3,(H2,24,25,26,27,28). The van der Waals surface area contributed by atoms with E-state index in [1.807, 2.05) is 35.9 Å². The van der Waals surface area contributed by atoms with Crippen LogP contribution in [-0.2, 0) is 19.8 Å². The Morgan fingerprint density at radius 2 is 1.83 bits per heavy atom. The monoisotopic (exact) mass is 398 g/mol. The van der Waals surface area contributed by atoms with Crippen molar-refractivity contribution in [3.63, 3.8) is 0 Å². The average molecular weight is 398 g/mol. The van der Waals surface area contributed by atoms with E-state index in [4.69, 9.17) is 0 Å². The SMILES string of the molecule is Cn1c(Nc2nccc(NCc3cccc(C(F)(F)F)c3)n2)nc2ccccc21. The quantitative estimate of drug-likeness (QED) is 0.508. The molecule has 6 nitrogen and oxygen atoms in total. The van der Waals surface area contributed by atoms with E-state index in [1.54, 1.807) is 18.3 Å². The van der Waals surface area contributed by atoms with Crippen molar-refractivity contribution in [2.45, 2.75) is 12.7 Å². The van der Waals surface area contributed by atoms with Crippen LogP contribution in [0, 0.1) is 0 Å². The van der Waals surface area contributed by atoms with Gasteiger partial charge in [0.2, 0.25) is 11.9 Å². The summed E-state index contributed by atoms with van der Waals surface area (Å²) >= 11 is 0. The number of halogens is 3. The second-order valence-electron chi connectivity index (χ2n) is 6.43. The lowest BCUT2D eigenvalue weighted by Gasteiger charge is -2.10. The highest BCUT2D eigenvalue weighted by Gasteiger charge is 2.30. The number of nitrogens with one attached hydrogen (secondary N) is 2. The lowest BCUT2D eigenvalue weighted by Crippen LogP contribution is -2.08. The zero-order valence-electron chi connectivity index (χ0n) is 15.4. The van der Waals surface area contributed by atoms with E-state index in [9.17, 15) is 13.2 Å². The zero-order chi connectivity index (χ0) is 20.4. The van der Waals surface area contributed by atoms with Crippen LogP contribution in [0.5, 0.6) is 0 Å². The highest BCUT2D eigenvalue weighted by Crippen LogP contribution is 2.29. The van der Waals surface area contributed by atoms with Gasteiger partial charge in [-0.15, -0.1) is 0 Å². The van der Waals surface area contributed by atoms with Crippen LogP contribution in [0.4, 0.5) is 30.9 Å². The number of alkyl halides is 3. The van der Waals surface area contributed by atoms with Gasteiger partial charge in [-0.25, -0.2) is 9.97 Å². The fraction of sp³-hybridized carbons (Fsp3) is 0.150. The third-order valence-electron chi connectivity index (χ3n) is 4.39. The summed E-state index contributed by atoms with van der Waals surface area (Å²) in [7, 11) is 1.88. The molecule has 0 atom stereocenters. The van der Waals surface area contributed by atoms with Crippen molar-refractivity contribution in [2.24, 2.45) is 7.05 Å². The number of hydrogen-bond acceptors (Lipinski definition) is 5. The van der Waals surface area contributed by atoms with Crippen molar-refractivity contribution in [1.29, 1.82) is 0 Å². The Morgan fingerprint density at radius 3 is 2.62 bits per heavy atom. The van der Waals surface area contributed by atoms with Crippen LogP contribution < -0.4 is 10.6 Å². The van der Waals surface area contributed by atoms with E-state index in [2.05, 4.69) is 25.6 Å². The third-order valence-corrected chi connectivity index (χ3v) is 4.39. The lowest BCUT2D eigenvalue weighted by atomic mass is 10.1. The predicted octanol–water partition coefficient (Wildman–Crippen LogP) is 4.74. The summed E-state index contributed by atoms with van der Waals surface area (Å²) in [5.41, 5.74) is 1.64. The van der Waals surface area contributed by atoms with Crippen LogP contribution in [0.25, 0.3) is 11.0 Å². The van der Waals surface area contributed by atoms with Gasteiger partial charge in [0.15, 0.2) is 0 Å². The molecule has 0 fully saturated rings. The van der Waals surface area contributed by atoms with E-state index in [1.165, 1.54) is 6.07 Å². The molecule has 29 heavy (non-hydrogen) atoms. The number of nitrogens with zero attached hydrogens (tertiary/aromatic N) is 4. The zero-order valence-corrected chi connectivity index (χ0v) is 15.4. The highest BCUT2D eigenvalue weighted by atomic mass is 19.4. The number of benzene rings is 2. The average Bonchev–Trinajstić information content (AvgIpc) is 3.02. The Hall–Kier alpha value is -3.62. The fourth-order valence-corrected chi connectivity index (χ4v) is 2.92. The fourth-order valence-electron chi connectivity index (χ4n) is 2.92. The van der Waals surface area contributed by atoms with E-state index in [0.717, 1.165) is 23.2 Å². The normalized spacial score (nSPS) is 11.6. The number of anilines is 3. The van der Waals surface area contributed by atoms with Crippen molar-refractivity contribution in [3.05, 3.63) is 71.9 Å². The molecule has 2 aromatic heterocycles. The Bertz CT molecular complexity index is 1150. The molecule has 0 bridgehead atoms. The number of aromatic nitrogens is 4. The van der Waals surface area contributed by atoms with Crippen molar-refractivity contribution >= 4 is 28.7 Å². The maximum atomic E-state index is 12.8. The lowest BCUT2D eigenvalue weighted by molar-refractivity contribution is -0.137. The summed E-state index contributed by atoms with van der Waals surface area (Å²) in [5.74, 6) is 1.40. The van der Waals surface area contributed by atoms with E-state index >= 15 is 0 Å². The Morgan fingerprint density at radius 1 is 1.00 bits per heavy atom. The van der Waals surface area contributed by atoms with Crippen LogP contribution in [0.3, 0.4) is 0 Å². The number of aryl methyl sites for hydroxylation is 1. The minimum atomic E-state index is -4.37. The summed E-state index contributed by atoms with van der Waals surface area (Å²) in [4.78, 5) is 13.0. The molecule has 0 amide bonds. The minimum absolute atomic E-state index is 0.201. The Kier molecular flexibility index (Phi) is 4.79. The molecule has 2 heterocycles. The Labute approximate surface area is 164 Å². The molecule has 0 aliphatic heterocycles. The smallest absolute Gasteiger partial charge is 0.366 e. The van der Waals surface area contributed by atoms with Gasteiger partial charge in [-0.05, 0) is 35.9 Å². The number of imidazole rings is 1. The minimum Gasteiger partial charge on any atom is -0.366 e. The van der Waals surface area contributed by atoms with Gasteiger partial charge in [-0.3, -0.25) is 5.32 Å². The first-order chi connectivity index (χ1) is 13.9. The van der Waals surface area contributed by atoms with Crippen LogP contribution in [0.2, 0.25) is 0 Å². The molecule has 0 saturated carbocycles. The molecule has 148 valence electrons. The summed E-state index contributed by atoms with van der Waals surface area (Å²) in [6, 6.07) is 14.5. The maximum Gasteiger partial charge on any atom is 0.416 e. The molecule has 0 saturated heterocycles. The number of hydrogen-bond donors (Lipinski definition) is 2. The molecule has 0 radical (unpaired) electrons. The van der Waals surface area contributed by atoms with Gasteiger partial charge in [0.25, 0.3) is 0 Å². The molecule has 4 rings (SSSR count). The second-order valence-corrected chi connectivity index (χ2v) is 6.43. The molecule has 0 spiro atoms. The first-order valence-corrected chi connectivity index (χ1v) is 8.82. The summed E-state index contributed by atoms with van der Waals surface area (Å²) in [6.45, 7) is 0.201. The molecule has 9 heteroatoms. The van der Waals surface area contributed by atoms with Gasteiger partial charge in [0.05, 0.1) is 16.6 Å². The highest BCUT2D eigenvalue weighted by molar-refractivity contribution is 5.79. The van der Waals surface area contributed by atoms with Crippen molar-refractivity contribution < 1.29 is 13.2 Å². The van der Waals surface area contributed by atoms with Crippen molar-refractivity contribution in [3.8, 4) is 0 Å². The van der Waals surface area contributed by atoms with E-state index in [-0.39, 0.29) is 6.54 Å². The Balaban J connectivity index is 1.48. The van der Waals surface area contributed by atoms with Crippen LogP contribution in [-0.4, -0.2) is 19.5 Å². The summed E-state index contributed by atoms with van der Waals surface area (Å²) in [5, 5.41) is 6.09.